The lowest BCUT2D eigenvalue weighted by atomic mass is 10.1. The molecule has 0 saturated heterocycles. The first-order chi connectivity index (χ1) is 10.6. The van der Waals surface area contributed by atoms with Crippen molar-refractivity contribution in [2.75, 3.05) is 19.0 Å². The Kier molecular flexibility index (Phi) is 5.48. The van der Waals surface area contributed by atoms with Gasteiger partial charge in [-0.2, -0.15) is 0 Å². The Labute approximate surface area is 132 Å². The molecule has 0 aliphatic rings. The van der Waals surface area contributed by atoms with Gasteiger partial charge in [-0.05, 0) is 12.0 Å². The van der Waals surface area contributed by atoms with Crippen molar-refractivity contribution in [3.8, 4) is 11.3 Å². The maximum absolute atomic E-state index is 11.6. The van der Waals surface area contributed by atoms with Gasteiger partial charge in [-0.15, -0.1) is 11.3 Å². The average molecular weight is 319 g/mol. The Morgan fingerprint density at radius 1 is 1.27 bits per heavy atom. The third-order valence-corrected chi connectivity index (χ3v) is 3.74. The lowest BCUT2D eigenvalue weighted by Crippen LogP contribution is -2.32. The van der Waals surface area contributed by atoms with Gasteiger partial charge in [0, 0.05) is 10.9 Å². The van der Waals surface area contributed by atoms with Crippen molar-refractivity contribution >= 4 is 28.5 Å². The summed E-state index contributed by atoms with van der Waals surface area (Å²) in [5.74, 6) is -0.354. The average Bonchev–Trinajstić information content (AvgIpc) is 3.01. The van der Waals surface area contributed by atoms with E-state index in [-0.39, 0.29) is 12.5 Å². The molecule has 0 aliphatic carbocycles. The molecule has 2 aromatic rings. The number of hydrogen-bond acceptors (Lipinski definition) is 5. The fourth-order valence-electron chi connectivity index (χ4n) is 1.76. The topological polar surface area (TPSA) is 80.3 Å². The number of methoxy groups -OCH3 is 1. The van der Waals surface area contributed by atoms with Gasteiger partial charge in [-0.1, -0.05) is 31.2 Å². The van der Waals surface area contributed by atoms with Crippen LogP contribution in [0, 0.1) is 0 Å². The fourth-order valence-corrected chi connectivity index (χ4v) is 2.50. The second-order valence-corrected chi connectivity index (χ2v) is 5.34. The van der Waals surface area contributed by atoms with Crippen LogP contribution in [-0.4, -0.2) is 30.6 Å². The summed E-state index contributed by atoms with van der Waals surface area (Å²) in [6.07, 6.45) is 0.345. The van der Waals surface area contributed by atoms with E-state index >= 15 is 0 Å². The highest BCUT2D eigenvalue weighted by atomic mass is 32.1. The Morgan fingerprint density at radius 3 is 2.64 bits per heavy atom. The number of aryl methyl sites for hydroxylation is 1. The number of carbonyl (C=O) groups is 2. The lowest BCUT2D eigenvalue weighted by Gasteiger charge is -2.03. The zero-order chi connectivity index (χ0) is 15.9. The predicted molar refractivity (Wildman–Crippen MR) is 86.0 cm³/mol. The summed E-state index contributed by atoms with van der Waals surface area (Å²) in [7, 11) is 1.24. The van der Waals surface area contributed by atoms with Gasteiger partial charge in [0.1, 0.15) is 6.54 Å². The van der Waals surface area contributed by atoms with Gasteiger partial charge in [-0.3, -0.25) is 4.79 Å². The van der Waals surface area contributed by atoms with E-state index in [4.69, 9.17) is 0 Å². The summed E-state index contributed by atoms with van der Waals surface area (Å²) in [6.45, 7) is 1.95. The van der Waals surface area contributed by atoms with E-state index in [2.05, 4.69) is 39.4 Å². The molecular formula is C15H17N3O3S. The number of nitrogens with one attached hydrogen (secondary N) is 2. The molecule has 2 rings (SSSR count). The van der Waals surface area contributed by atoms with Crippen LogP contribution in [0.5, 0.6) is 0 Å². The van der Waals surface area contributed by atoms with Crippen molar-refractivity contribution in [1.29, 1.82) is 0 Å². The first kappa shape index (κ1) is 16.0. The number of hydrogen-bond donors (Lipinski definition) is 2. The molecule has 2 N–H and O–H groups in total. The van der Waals surface area contributed by atoms with E-state index < -0.39 is 6.09 Å². The number of anilines is 1. The summed E-state index contributed by atoms with van der Waals surface area (Å²) in [5.41, 5.74) is 3.08. The van der Waals surface area contributed by atoms with Crippen molar-refractivity contribution in [3.05, 3.63) is 35.2 Å². The monoisotopic (exact) mass is 319 g/mol. The molecule has 0 atom stereocenters. The maximum Gasteiger partial charge on any atom is 0.407 e. The van der Waals surface area contributed by atoms with Crippen LogP contribution in [0.2, 0.25) is 0 Å². The highest BCUT2D eigenvalue weighted by Crippen LogP contribution is 2.25. The molecule has 0 bridgehead atoms. The first-order valence-corrected chi connectivity index (χ1v) is 7.67. The number of ether oxygens (including phenoxy) is 1. The molecule has 1 aromatic heterocycles. The quantitative estimate of drug-likeness (QED) is 0.888. The van der Waals surface area contributed by atoms with Crippen LogP contribution in [0.1, 0.15) is 12.5 Å². The van der Waals surface area contributed by atoms with E-state index in [0.717, 1.165) is 17.7 Å². The molecular weight excluding hydrogens is 302 g/mol. The molecule has 2 amide bonds. The third-order valence-electron chi connectivity index (χ3n) is 2.99. The number of nitrogens with zero attached hydrogens (tertiary/aromatic N) is 1. The van der Waals surface area contributed by atoms with Gasteiger partial charge < -0.3 is 15.4 Å². The maximum atomic E-state index is 11.6. The zero-order valence-electron chi connectivity index (χ0n) is 12.4. The fraction of sp³-hybridized carbons (Fsp3) is 0.267. The third kappa shape index (κ3) is 4.29. The van der Waals surface area contributed by atoms with E-state index in [1.165, 1.54) is 24.0 Å². The summed E-state index contributed by atoms with van der Waals surface area (Å²) >= 11 is 1.34. The van der Waals surface area contributed by atoms with E-state index in [9.17, 15) is 9.59 Å². The number of benzene rings is 1. The summed E-state index contributed by atoms with van der Waals surface area (Å²) < 4.78 is 4.39. The number of aromatic nitrogens is 1. The second-order valence-electron chi connectivity index (χ2n) is 4.48. The van der Waals surface area contributed by atoms with E-state index in [0.29, 0.717) is 5.13 Å². The zero-order valence-corrected chi connectivity index (χ0v) is 13.2. The van der Waals surface area contributed by atoms with Gasteiger partial charge in [0.05, 0.1) is 12.8 Å². The first-order valence-electron chi connectivity index (χ1n) is 6.79. The van der Waals surface area contributed by atoms with Gasteiger partial charge in [0.25, 0.3) is 0 Å². The van der Waals surface area contributed by atoms with Crippen LogP contribution in [0.3, 0.4) is 0 Å². The Balaban J connectivity index is 1.95. The molecule has 7 heteroatoms. The summed E-state index contributed by atoms with van der Waals surface area (Å²) in [6, 6.07) is 8.15. The van der Waals surface area contributed by atoms with Crippen molar-refractivity contribution in [2.24, 2.45) is 0 Å². The smallest absolute Gasteiger partial charge is 0.407 e. The SMILES string of the molecule is CCc1ccc(-c2csc(NC(=O)CNC(=O)OC)n2)cc1. The molecule has 6 nitrogen and oxygen atoms in total. The molecule has 0 fully saturated rings. The number of carbonyl (C=O) groups excluding carboxylic acids is 2. The van der Waals surface area contributed by atoms with Gasteiger partial charge in [0.15, 0.2) is 5.13 Å². The summed E-state index contributed by atoms with van der Waals surface area (Å²) in [4.78, 5) is 26.9. The van der Waals surface area contributed by atoms with E-state index in [1.807, 2.05) is 17.5 Å². The summed E-state index contributed by atoms with van der Waals surface area (Å²) in [5, 5.41) is 7.31. The van der Waals surface area contributed by atoms with Crippen LogP contribution in [-0.2, 0) is 16.0 Å². The molecule has 0 saturated carbocycles. The molecule has 1 aromatic carbocycles. The molecule has 0 radical (unpaired) electrons. The van der Waals surface area contributed by atoms with Crippen LogP contribution >= 0.6 is 11.3 Å². The minimum atomic E-state index is -0.647. The molecule has 116 valence electrons. The number of alkyl carbamates (subject to hydrolysis) is 1. The van der Waals surface area contributed by atoms with Gasteiger partial charge in [-0.25, -0.2) is 9.78 Å². The Morgan fingerprint density at radius 2 is 2.00 bits per heavy atom. The van der Waals surface area contributed by atoms with Gasteiger partial charge in [0.2, 0.25) is 5.91 Å². The lowest BCUT2D eigenvalue weighted by molar-refractivity contribution is -0.115. The van der Waals surface area contributed by atoms with Crippen LogP contribution < -0.4 is 10.6 Å². The molecule has 1 heterocycles. The predicted octanol–water partition coefficient (Wildman–Crippen LogP) is 2.67. The number of amides is 2. The minimum Gasteiger partial charge on any atom is -0.453 e. The van der Waals surface area contributed by atoms with Crippen LogP contribution in [0.4, 0.5) is 9.93 Å². The molecule has 0 unspecified atom stereocenters. The minimum absolute atomic E-state index is 0.160. The van der Waals surface area contributed by atoms with Crippen molar-refractivity contribution in [1.82, 2.24) is 10.3 Å². The molecule has 0 spiro atoms. The Bertz CT molecular complexity index is 652. The molecule has 0 aliphatic heterocycles. The van der Waals surface area contributed by atoms with Gasteiger partial charge >= 0.3 is 6.09 Å². The van der Waals surface area contributed by atoms with E-state index in [1.54, 1.807) is 0 Å². The van der Waals surface area contributed by atoms with Crippen LogP contribution in [0.15, 0.2) is 29.6 Å². The largest absolute Gasteiger partial charge is 0.453 e. The normalized spacial score (nSPS) is 10.1. The Hall–Kier alpha value is -2.41. The highest BCUT2D eigenvalue weighted by molar-refractivity contribution is 7.14. The number of rotatable bonds is 5. The van der Waals surface area contributed by atoms with Crippen molar-refractivity contribution in [2.45, 2.75) is 13.3 Å². The molecule has 22 heavy (non-hydrogen) atoms. The highest BCUT2D eigenvalue weighted by Gasteiger charge is 2.09. The second kappa shape index (κ2) is 7.56. The van der Waals surface area contributed by atoms with Crippen LogP contribution in [0.25, 0.3) is 11.3 Å². The standard InChI is InChI=1S/C15H17N3O3S/c1-3-10-4-6-11(7-5-10)12-9-22-14(17-12)18-13(19)8-16-15(20)21-2/h4-7,9H,3,8H2,1-2H3,(H,16,20)(H,17,18,19). The number of thiazole rings is 1. The van der Waals surface area contributed by atoms with Crippen molar-refractivity contribution < 1.29 is 14.3 Å². The van der Waals surface area contributed by atoms with Crippen molar-refractivity contribution in [3.63, 3.8) is 0 Å².